The largest absolute Gasteiger partial charge is 0.350 e. The van der Waals surface area contributed by atoms with Crippen molar-refractivity contribution in [3.63, 3.8) is 0 Å². The predicted octanol–water partition coefficient (Wildman–Crippen LogP) is 3.10. The van der Waals surface area contributed by atoms with Crippen molar-refractivity contribution in [2.75, 3.05) is 14.1 Å². The van der Waals surface area contributed by atoms with E-state index >= 15 is 0 Å². The second-order valence-corrected chi connectivity index (χ2v) is 5.91. The molecular weight excluding hydrogens is 288 g/mol. The average molecular weight is 310 g/mol. The van der Waals surface area contributed by atoms with E-state index < -0.39 is 0 Å². The Kier molecular flexibility index (Phi) is 4.69. The minimum absolute atomic E-state index is 0.0332. The third kappa shape index (κ3) is 3.41. The van der Waals surface area contributed by atoms with E-state index in [-0.39, 0.29) is 12.1 Å². The van der Waals surface area contributed by atoms with Crippen LogP contribution >= 0.6 is 0 Å². The molecule has 0 amide bonds. The van der Waals surface area contributed by atoms with Crippen molar-refractivity contribution in [2.45, 2.75) is 25.8 Å². The molecule has 0 saturated carbocycles. The lowest BCUT2D eigenvalue weighted by Crippen LogP contribution is -2.33. The lowest BCUT2D eigenvalue weighted by atomic mass is 10.0. The molecule has 0 aliphatic heterocycles. The summed E-state index contributed by atoms with van der Waals surface area (Å²) in [5.74, 6) is 0. The summed E-state index contributed by atoms with van der Waals surface area (Å²) in [7, 11) is 4.13. The first-order valence-corrected chi connectivity index (χ1v) is 7.78. The highest BCUT2D eigenvalue weighted by Gasteiger charge is 2.22. The standard InChI is InChI=1S/C18H22N4O/c1-14(21(2)3)18(15-9-5-4-6-10-15)23-13-22-17-12-8-7-11-16(17)19-20-22/h4-12,14,18H,13H2,1-3H3/t14-,18-/m0/s1. The Labute approximate surface area is 136 Å². The van der Waals surface area contributed by atoms with Crippen LogP contribution in [0.5, 0.6) is 0 Å². The van der Waals surface area contributed by atoms with Gasteiger partial charge in [0, 0.05) is 6.04 Å². The van der Waals surface area contributed by atoms with Crippen molar-refractivity contribution in [3.05, 3.63) is 60.2 Å². The van der Waals surface area contributed by atoms with Gasteiger partial charge in [0.1, 0.15) is 18.4 Å². The molecule has 5 heteroatoms. The van der Waals surface area contributed by atoms with Gasteiger partial charge in [-0.2, -0.15) is 0 Å². The van der Waals surface area contributed by atoms with Gasteiger partial charge in [0.15, 0.2) is 0 Å². The van der Waals surface area contributed by atoms with Crippen LogP contribution in [0, 0.1) is 0 Å². The van der Waals surface area contributed by atoms with Gasteiger partial charge in [-0.3, -0.25) is 0 Å². The summed E-state index contributed by atoms with van der Waals surface area (Å²) < 4.78 is 8.02. The number of benzene rings is 2. The lowest BCUT2D eigenvalue weighted by Gasteiger charge is -2.29. The van der Waals surface area contributed by atoms with Crippen LogP contribution in [-0.4, -0.2) is 40.0 Å². The molecule has 0 aliphatic rings. The summed E-state index contributed by atoms with van der Waals surface area (Å²) in [5, 5.41) is 8.37. The molecule has 0 aliphatic carbocycles. The highest BCUT2D eigenvalue weighted by molar-refractivity contribution is 5.73. The van der Waals surface area contributed by atoms with Crippen molar-refractivity contribution < 1.29 is 4.74 Å². The number of rotatable bonds is 6. The van der Waals surface area contributed by atoms with E-state index in [9.17, 15) is 0 Å². The molecule has 23 heavy (non-hydrogen) atoms. The highest BCUT2D eigenvalue weighted by atomic mass is 16.5. The van der Waals surface area contributed by atoms with Crippen molar-refractivity contribution in [1.82, 2.24) is 19.9 Å². The van der Waals surface area contributed by atoms with Crippen LogP contribution in [0.15, 0.2) is 54.6 Å². The molecular formula is C18H22N4O. The fourth-order valence-electron chi connectivity index (χ4n) is 2.59. The van der Waals surface area contributed by atoms with Gasteiger partial charge in [-0.25, -0.2) is 4.68 Å². The molecule has 0 bridgehead atoms. The van der Waals surface area contributed by atoms with E-state index in [0.29, 0.717) is 6.73 Å². The zero-order chi connectivity index (χ0) is 16.2. The summed E-state index contributed by atoms with van der Waals surface area (Å²) in [4.78, 5) is 2.16. The van der Waals surface area contributed by atoms with Crippen LogP contribution < -0.4 is 0 Å². The third-order valence-corrected chi connectivity index (χ3v) is 4.18. The number of hydrogen-bond donors (Lipinski definition) is 0. The molecule has 2 atom stereocenters. The van der Waals surface area contributed by atoms with Crippen LogP contribution in [0.25, 0.3) is 11.0 Å². The molecule has 0 fully saturated rings. The van der Waals surface area contributed by atoms with Crippen molar-refractivity contribution in [1.29, 1.82) is 0 Å². The first kappa shape index (κ1) is 15.6. The Balaban J connectivity index is 1.81. The Hall–Kier alpha value is -2.24. The highest BCUT2D eigenvalue weighted by Crippen LogP contribution is 2.24. The van der Waals surface area contributed by atoms with Crippen molar-refractivity contribution in [3.8, 4) is 0 Å². The van der Waals surface area contributed by atoms with E-state index in [1.807, 2.05) is 42.5 Å². The van der Waals surface area contributed by atoms with Crippen LogP contribution in [0.3, 0.4) is 0 Å². The number of ether oxygens (including phenoxy) is 1. The molecule has 0 unspecified atom stereocenters. The topological polar surface area (TPSA) is 43.2 Å². The van der Waals surface area contributed by atoms with Crippen LogP contribution in [0.2, 0.25) is 0 Å². The SMILES string of the molecule is C[C@@H]([C@H](OCn1nnc2ccccc21)c1ccccc1)N(C)C. The fraction of sp³-hybridized carbons (Fsp3) is 0.333. The molecule has 0 spiro atoms. The fourth-order valence-corrected chi connectivity index (χ4v) is 2.59. The van der Waals surface area contributed by atoms with Gasteiger partial charge in [-0.15, -0.1) is 5.10 Å². The maximum Gasteiger partial charge on any atom is 0.142 e. The van der Waals surface area contributed by atoms with Gasteiger partial charge in [-0.1, -0.05) is 47.7 Å². The van der Waals surface area contributed by atoms with E-state index in [4.69, 9.17) is 4.74 Å². The summed E-state index contributed by atoms with van der Waals surface area (Å²) in [6.45, 7) is 2.54. The first-order valence-electron chi connectivity index (χ1n) is 7.78. The van der Waals surface area contributed by atoms with Crippen molar-refractivity contribution in [2.24, 2.45) is 0 Å². The summed E-state index contributed by atoms with van der Waals surface area (Å²) in [6.07, 6.45) is -0.0332. The van der Waals surface area contributed by atoms with Gasteiger partial charge < -0.3 is 9.64 Å². The van der Waals surface area contributed by atoms with E-state index in [2.05, 4.69) is 48.4 Å². The zero-order valence-electron chi connectivity index (χ0n) is 13.8. The van der Waals surface area contributed by atoms with E-state index in [0.717, 1.165) is 16.6 Å². The monoisotopic (exact) mass is 310 g/mol. The average Bonchev–Trinajstić information content (AvgIpc) is 2.99. The Morgan fingerprint density at radius 1 is 1.04 bits per heavy atom. The van der Waals surface area contributed by atoms with E-state index in [1.54, 1.807) is 4.68 Å². The van der Waals surface area contributed by atoms with Crippen LogP contribution in [0.4, 0.5) is 0 Å². The minimum Gasteiger partial charge on any atom is -0.350 e. The summed E-state index contributed by atoms with van der Waals surface area (Å²) >= 11 is 0. The molecule has 3 rings (SSSR count). The van der Waals surface area contributed by atoms with Gasteiger partial charge in [-0.05, 0) is 38.7 Å². The zero-order valence-corrected chi connectivity index (χ0v) is 13.8. The van der Waals surface area contributed by atoms with Gasteiger partial charge in [0.2, 0.25) is 0 Å². The second-order valence-electron chi connectivity index (χ2n) is 5.91. The normalized spacial score (nSPS) is 14.3. The van der Waals surface area contributed by atoms with Gasteiger partial charge >= 0.3 is 0 Å². The van der Waals surface area contributed by atoms with Gasteiger partial charge in [0.05, 0.1) is 5.52 Å². The molecule has 120 valence electrons. The number of fused-ring (bicyclic) bond motifs is 1. The number of nitrogens with zero attached hydrogens (tertiary/aromatic N) is 4. The summed E-state index contributed by atoms with van der Waals surface area (Å²) in [5.41, 5.74) is 3.03. The Morgan fingerprint density at radius 2 is 1.74 bits per heavy atom. The maximum absolute atomic E-state index is 6.22. The molecule has 0 saturated heterocycles. The Morgan fingerprint density at radius 3 is 2.48 bits per heavy atom. The number of hydrogen-bond acceptors (Lipinski definition) is 4. The second kappa shape index (κ2) is 6.89. The molecule has 1 aromatic heterocycles. The molecule has 3 aromatic rings. The maximum atomic E-state index is 6.22. The molecule has 5 nitrogen and oxygen atoms in total. The third-order valence-electron chi connectivity index (χ3n) is 4.18. The van der Waals surface area contributed by atoms with Crippen LogP contribution in [0.1, 0.15) is 18.6 Å². The van der Waals surface area contributed by atoms with E-state index in [1.165, 1.54) is 0 Å². The smallest absolute Gasteiger partial charge is 0.142 e. The molecule has 0 N–H and O–H groups in total. The molecule has 2 aromatic carbocycles. The Bertz CT molecular complexity index is 754. The lowest BCUT2D eigenvalue weighted by molar-refractivity contribution is -0.0369. The first-order chi connectivity index (χ1) is 11.2. The minimum atomic E-state index is -0.0332. The van der Waals surface area contributed by atoms with Crippen LogP contribution in [-0.2, 0) is 11.5 Å². The van der Waals surface area contributed by atoms with Gasteiger partial charge in [0.25, 0.3) is 0 Å². The quantitative estimate of drug-likeness (QED) is 0.702. The number of aromatic nitrogens is 3. The number of para-hydroxylation sites is 1. The summed E-state index contributed by atoms with van der Waals surface area (Å²) in [6, 6.07) is 18.5. The predicted molar refractivity (Wildman–Crippen MR) is 90.9 cm³/mol. The number of likely N-dealkylation sites (N-methyl/N-ethyl adjacent to an activating group) is 1. The van der Waals surface area contributed by atoms with Crippen molar-refractivity contribution >= 4 is 11.0 Å². The molecule has 0 radical (unpaired) electrons. The molecule has 1 heterocycles.